The lowest BCUT2D eigenvalue weighted by Gasteiger charge is -2.25. The summed E-state index contributed by atoms with van der Waals surface area (Å²) in [4.78, 5) is 13.3. The Morgan fingerprint density at radius 1 is 1.43 bits per heavy atom. The normalized spacial score (nSPS) is 10.1. The highest BCUT2D eigenvalue weighted by Gasteiger charge is 2.30. The third-order valence-electron chi connectivity index (χ3n) is 1.98. The van der Waals surface area contributed by atoms with Crippen LogP contribution in [0.5, 0.6) is 0 Å². The van der Waals surface area contributed by atoms with E-state index in [9.17, 15) is 4.79 Å². The standard InChI is InChI=1S/C10H15N3O/c1-4-13(7-5-6-11)9(14)10(2,3)8-12/h4-5,7H2,1-3H3. The van der Waals surface area contributed by atoms with Crippen LogP contribution in [0.3, 0.4) is 0 Å². The number of carbonyl (C=O) groups excluding carboxylic acids is 1. The van der Waals surface area contributed by atoms with Crippen LogP contribution in [0.15, 0.2) is 0 Å². The largest absolute Gasteiger partial charge is 0.341 e. The van der Waals surface area contributed by atoms with Gasteiger partial charge in [0.2, 0.25) is 5.91 Å². The minimum absolute atomic E-state index is 0.210. The third-order valence-corrected chi connectivity index (χ3v) is 1.98. The van der Waals surface area contributed by atoms with Crippen molar-refractivity contribution in [3.8, 4) is 12.1 Å². The summed E-state index contributed by atoms with van der Waals surface area (Å²) in [6.07, 6.45) is 0.307. The summed E-state index contributed by atoms with van der Waals surface area (Å²) in [5.41, 5.74) is -0.995. The Balaban J connectivity index is 4.49. The van der Waals surface area contributed by atoms with Crippen LogP contribution >= 0.6 is 0 Å². The molecule has 0 rings (SSSR count). The highest BCUT2D eigenvalue weighted by atomic mass is 16.2. The average molecular weight is 193 g/mol. The van der Waals surface area contributed by atoms with Crippen molar-refractivity contribution in [2.24, 2.45) is 5.41 Å². The predicted molar refractivity (Wildman–Crippen MR) is 51.9 cm³/mol. The fourth-order valence-corrected chi connectivity index (χ4v) is 1.03. The van der Waals surface area contributed by atoms with E-state index < -0.39 is 5.41 Å². The third kappa shape index (κ3) is 3.06. The zero-order chi connectivity index (χ0) is 11.2. The van der Waals surface area contributed by atoms with Gasteiger partial charge in [0, 0.05) is 13.1 Å². The van der Waals surface area contributed by atoms with Gasteiger partial charge in [-0.3, -0.25) is 4.79 Å². The molecule has 0 aliphatic carbocycles. The molecule has 0 spiro atoms. The van der Waals surface area contributed by atoms with E-state index in [1.807, 2.05) is 19.1 Å². The van der Waals surface area contributed by atoms with E-state index >= 15 is 0 Å². The van der Waals surface area contributed by atoms with Crippen molar-refractivity contribution in [3.63, 3.8) is 0 Å². The molecule has 14 heavy (non-hydrogen) atoms. The molecule has 0 aromatic carbocycles. The maximum atomic E-state index is 11.7. The van der Waals surface area contributed by atoms with E-state index in [-0.39, 0.29) is 5.91 Å². The van der Waals surface area contributed by atoms with Crippen LogP contribution in [0, 0.1) is 28.1 Å². The molecule has 4 heteroatoms. The molecule has 4 nitrogen and oxygen atoms in total. The second-order valence-electron chi connectivity index (χ2n) is 3.53. The van der Waals surface area contributed by atoms with Crippen molar-refractivity contribution in [2.75, 3.05) is 13.1 Å². The molecule has 0 aliphatic rings. The van der Waals surface area contributed by atoms with Gasteiger partial charge in [-0.2, -0.15) is 10.5 Å². The molecule has 0 N–H and O–H groups in total. The van der Waals surface area contributed by atoms with Crippen molar-refractivity contribution in [3.05, 3.63) is 0 Å². The van der Waals surface area contributed by atoms with Gasteiger partial charge in [0.05, 0.1) is 18.6 Å². The van der Waals surface area contributed by atoms with Gasteiger partial charge in [0.15, 0.2) is 0 Å². The SMILES string of the molecule is CCN(CCC#N)C(=O)C(C)(C)C#N. The summed E-state index contributed by atoms with van der Waals surface area (Å²) in [7, 11) is 0. The first-order valence-electron chi connectivity index (χ1n) is 4.57. The first-order valence-corrected chi connectivity index (χ1v) is 4.57. The van der Waals surface area contributed by atoms with Gasteiger partial charge in [-0.1, -0.05) is 0 Å². The Hall–Kier alpha value is -1.55. The molecule has 0 aromatic rings. The maximum absolute atomic E-state index is 11.7. The Kier molecular flexibility index (Phi) is 4.66. The summed E-state index contributed by atoms with van der Waals surface area (Å²) >= 11 is 0. The van der Waals surface area contributed by atoms with Gasteiger partial charge in [0.1, 0.15) is 5.41 Å². The van der Waals surface area contributed by atoms with Crippen LogP contribution in [0.2, 0.25) is 0 Å². The van der Waals surface area contributed by atoms with E-state index in [1.165, 1.54) is 4.90 Å². The molecule has 0 aromatic heterocycles. The number of nitrogens with zero attached hydrogens (tertiary/aromatic N) is 3. The summed E-state index contributed by atoms with van der Waals surface area (Å²) in [5.74, 6) is -0.210. The van der Waals surface area contributed by atoms with E-state index in [2.05, 4.69) is 0 Å². The number of hydrogen-bond donors (Lipinski definition) is 0. The quantitative estimate of drug-likeness (QED) is 0.675. The highest BCUT2D eigenvalue weighted by molar-refractivity contribution is 5.84. The fourth-order valence-electron chi connectivity index (χ4n) is 1.03. The zero-order valence-corrected chi connectivity index (χ0v) is 8.87. The Morgan fingerprint density at radius 2 is 2.00 bits per heavy atom. The molecule has 0 saturated carbocycles. The molecule has 0 heterocycles. The van der Waals surface area contributed by atoms with Crippen LogP contribution < -0.4 is 0 Å². The number of nitriles is 2. The second-order valence-corrected chi connectivity index (χ2v) is 3.53. The van der Waals surface area contributed by atoms with Gasteiger partial charge < -0.3 is 4.90 Å². The molecule has 0 fully saturated rings. The topological polar surface area (TPSA) is 67.9 Å². The predicted octanol–water partition coefficient (Wildman–Crippen LogP) is 1.30. The second kappa shape index (κ2) is 5.24. The molecular weight excluding hydrogens is 178 g/mol. The zero-order valence-electron chi connectivity index (χ0n) is 8.87. The molecular formula is C10H15N3O. The summed E-state index contributed by atoms with van der Waals surface area (Å²) in [6, 6.07) is 3.94. The van der Waals surface area contributed by atoms with Crippen LogP contribution in [0.25, 0.3) is 0 Å². The average Bonchev–Trinajstić information content (AvgIpc) is 2.18. The summed E-state index contributed by atoms with van der Waals surface area (Å²) in [5, 5.41) is 17.2. The van der Waals surface area contributed by atoms with Crippen LogP contribution in [-0.2, 0) is 4.79 Å². The number of carbonyl (C=O) groups is 1. The summed E-state index contributed by atoms with van der Waals surface area (Å²) < 4.78 is 0. The first kappa shape index (κ1) is 12.4. The molecule has 76 valence electrons. The lowest BCUT2D eigenvalue weighted by atomic mass is 9.94. The van der Waals surface area contributed by atoms with Crippen molar-refractivity contribution in [2.45, 2.75) is 27.2 Å². The van der Waals surface area contributed by atoms with Crippen molar-refractivity contribution >= 4 is 5.91 Å². The minimum atomic E-state index is -0.995. The van der Waals surface area contributed by atoms with E-state index in [1.54, 1.807) is 13.8 Å². The molecule has 1 amide bonds. The lowest BCUT2D eigenvalue weighted by Crippen LogP contribution is -2.40. The maximum Gasteiger partial charge on any atom is 0.242 e. The molecule has 0 atom stereocenters. The minimum Gasteiger partial charge on any atom is -0.341 e. The molecule has 0 saturated heterocycles. The van der Waals surface area contributed by atoms with Crippen LogP contribution in [0.4, 0.5) is 0 Å². The van der Waals surface area contributed by atoms with E-state index in [4.69, 9.17) is 10.5 Å². The Labute approximate surface area is 84.7 Å². The molecule has 0 radical (unpaired) electrons. The van der Waals surface area contributed by atoms with Gasteiger partial charge in [-0.15, -0.1) is 0 Å². The lowest BCUT2D eigenvalue weighted by molar-refractivity contribution is -0.137. The van der Waals surface area contributed by atoms with Crippen LogP contribution in [0.1, 0.15) is 27.2 Å². The molecule has 0 bridgehead atoms. The first-order chi connectivity index (χ1) is 6.49. The van der Waals surface area contributed by atoms with Crippen molar-refractivity contribution in [1.29, 1.82) is 10.5 Å². The van der Waals surface area contributed by atoms with Crippen LogP contribution in [-0.4, -0.2) is 23.9 Å². The number of hydrogen-bond acceptors (Lipinski definition) is 3. The summed E-state index contributed by atoms with van der Waals surface area (Å²) in [6.45, 7) is 5.94. The van der Waals surface area contributed by atoms with Gasteiger partial charge >= 0.3 is 0 Å². The van der Waals surface area contributed by atoms with Gasteiger partial charge in [-0.05, 0) is 20.8 Å². The smallest absolute Gasteiger partial charge is 0.242 e. The number of rotatable bonds is 4. The van der Waals surface area contributed by atoms with E-state index in [0.29, 0.717) is 19.5 Å². The fraction of sp³-hybridized carbons (Fsp3) is 0.700. The van der Waals surface area contributed by atoms with Crippen molar-refractivity contribution < 1.29 is 4.79 Å². The highest BCUT2D eigenvalue weighted by Crippen LogP contribution is 2.17. The van der Waals surface area contributed by atoms with Gasteiger partial charge in [-0.25, -0.2) is 0 Å². The van der Waals surface area contributed by atoms with E-state index in [0.717, 1.165) is 0 Å². The number of amides is 1. The Morgan fingerprint density at radius 3 is 2.36 bits per heavy atom. The van der Waals surface area contributed by atoms with Crippen molar-refractivity contribution in [1.82, 2.24) is 4.90 Å². The monoisotopic (exact) mass is 193 g/mol. The van der Waals surface area contributed by atoms with Gasteiger partial charge in [0.25, 0.3) is 0 Å². The Bertz CT molecular complexity index is 283. The molecule has 0 unspecified atom stereocenters. The molecule has 0 aliphatic heterocycles.